The molecule has 0 aliphatic rings. The maximum absolute atomic E-state index is 11.8. The number of urea groups is 1. The molecule has 18 heteroatoms. The summed E-state index contributed by atoms with van der Waals surface area (Å²) < 4.78 is 30.4. The molecule has 0 aliphatic carbocycles. The van der Waals surface area contributed by atoms with Crippen molar-refractivity contribution in [3.05, 3.63) is 35.4 Å². The molecule has 4 amide bonds. The molecule has 0 aliphatic heterocycles. The molecule has 0 heterocycles. The van der Waals surface area contributed by atoms with E-state index >= 15 is 0 Å². The van der Waals surface area contributed by atoms with Gasteiger partial charge in [0.1, 0.15) is 23.1 Å². The van der Waals surface area contributed by atoms with Crippen LogP contribution >= 0.6 is 0 Å². The smallest absolute Gasteiger partial charge is 0.314 e. The van der Waals surface area contributed by atoms with E-state index in [1.165, 1.54) is 12.5 Å². The van der Waals surface area contributed by atoms with Crippen molar-refractivity contribution >= 4 is 43.0 Å². The Balaban J connectivity index is -0.000000484. The molecule has 0 radical (unpaired) electrons. The lowest BCUT2D eigenvalue weighted by Gasteiger charge is -2.19. The molecule has 18 nitrogen and oxygen atoms in total. The second-order valence-electron chi connectivity index (χ2n) is 18.1. The Hall–Kier alpha value is -4.65. The van der Waals surface area contributed by atoms with Gasteiger partial charge < -0.3 is 59.8 Å². The van der Waals surface area contributed by atoms with Crippen LogP contribution in [0.15, 0.2) is 24.3 Å². The molecule has 1 aromatic carbocycles. The van der Waals surface area contributed by atoms with E-state index < -0.39 is 5.60 Å². The number of carbonyl (C=O) groups is 7. The molecule has 0 spiro atoms. The highest BCUT2D eigenvalue weighted by molar-refractivity contribution is 5.75. The monoisotopic (exact) mass is 986 g/mol. The van der Waals surface area contributed by atoms with Crippen molar-refractivity contribution in [2.75, 3.05) is 79.4 Å². The third-order valence-corrected chi connectivity index (χ3v) is 8.10. The standard InChI is InChI=1S/C24H38N2O6.C15H31N3O3.2C5H10O2.C2H6/c1-21(28)25-12-15-30-17-19-32-20-18-31-16-13-26-24(29)6-4-2-3-5-22-7-9-23(10-8-22)11-14-27;1-15(2,3)21-13(19)9-8-12-18-14(20)17-11-7-5-6-10-16-4;2*1-5(2,3)7-4-6;1-2/h7-10,14H,2-6,11-13,15-20H2,1H3,(H,25,28)(H,26,29);16H,5-12H2,1-4H3,(H2,17,18,20);2*4H,1-3H3;1-2H3. The van der Waals surface area contributed by atoms with Crippen molar-refractivity contribution in [2.45, 2.75) is 171 Å². The Bertz CT molecular complexity index is 1390. The Kier molecular flexibility index (Phi) is 49.7. The number of aryl methyl sites for hydroxylation is 1. The third-order valence-electron chi connectivity index (χ3n) is 8.10. The molecule has 5 N–H and O–H groups in total. The van der Waals surface area contributed by atoms with Crippen LogP contribution in [0.1, 0.15) is 152 Å². The molecule has 0 atom stereocenters. The summed E-state index contributed by atoms with van der Waals surface area (Å²) >= 11 is 0. The van der Waals surface area contributed by atoms with Crippen molar-refractivity contribution in [2.24, 2.45) is 0 Å². The van der Waals surface area contributed by atoms with Crippen molar-refractivity contribution < 1.29 is 62.0 Å². The predicted octanol–water partition coefficient (Wildman–Crippen LogP) is 6.57. The van der Waals surface area contributed by atoms with Crippen LogP contribution in [0.25, 0.3) is 0 Å². The largest absolute Gasteiger partial charge is 0.462 e. The Morgan fingerprint density at radius 3 is 1.43 bits per heavy atom. The molecule has 402 valence electrons. The van der Waals surface area contributed by atoms with Gasteiger partial charge in [-0.15, -0.1) is 0 Å². The summed E-state index contributed by atoms with van der Waals surface area (Å²) in [6.07, 6.45) is 9.93. The Morgan fingerprint density at radius 2 is 0.986 bits per heavy atom. The van der Waals surface area contributed by atoms with Gasteiger partial charge in [0.2, 0.25) is 11.8 Å². The molecule has 0 aromatic heterocycles. The summed E-state index contributed by atoms with van der Waals surface area (Å²) in [5, 5.41) is 14.1. The summed E-state index contributed by atoms with van der Waals surface area (Å²) in [4.78, 5) is 75.1. The lowest BCUT2D eigenvalue weighted by Crippen LogP contribution is -2.36. The van der Waals surface area contributed by atoms with E-state index in [1.54, 1.807) is 0 Å². The van der Waals surface area contributed by atoms with Crippen LogP contribution in [0.2, 0.25) is 0 Å². The number of rotatable bonds is 32. The molecule has 0 saturated heterocycles. The number of ether oxygens (including phenoxy) is 6. The highest BCUT2D eigenvalue weighted by atomic mass is 16.6. The van der Waals surface area contributed by atoms with E-state index in [4.69, 9.17) is 18.9 Å². The van der Waals surface area contributed by atoms with Crippen LogP contribution in [0.3, 0.4) is 0 Å². The van der Waals surface area contributed by atoms with E-state index in [0.717, 1.165) is 63.3 Å². The SMILES string of the molecule is CC.CC(=O)NCCOCCOCCOCCNC(=O)CCCCCc1ccc(CC=O)cc1.CC(C)(C)OC=O.CC(C)(C)OC=O.CNCCCCCNC(=O)NCCCC(=O)OC(C)(C)C. The molecule has 0 bridgehead atoms. The predicted molar refractivity (Wildman–Crippen MR) is 272 cm³/mol. The number of amides is 4. The fourth-order valence-electron chi connectivity index (χ4n) is 4.91. The van der Waals surface area contributed by atoms with Gasteiger partial charge in [0, 0.05) is 52.4 Å². The quantitative estimate of drug-likeness (QED) is 0.0222. The van der Waals surface area contributed by atoms with Crippen LogP contribution in [0.4, 0.5) is 4.79 Å². The van der Waals surface area contributed by atoms with Crippen LogP contribution in [-0.2, 0) is 70.0 Å². The number of benzene rings is 1. The first-order chi connectivity index (χ1) is 32.6. The van der Waals surface area contributed by atoms with E-state index in [0.29, 0.717) is 104 Å². The first-order valence-corrected chi connectivity index (χ1v) is 24.5. The van der Waals surface area contributed by atoms with E-state index in [2.05, 4.69) is 48.2 Å². The minimum atomic E-state index is -0.449. The minimum Gasteiger partial charge on any atom is -0.462 e. The number of unbranched alkanes of at least 4 members (excludes halogenated alkanes) is 4. The Labute approximate surface area is 415 Å². The molecule has 1 rings (SSSR count). The zero-order chi connectivity index (χ0) is 53.2. The van der Waals surface area contributed by atoms with Gasteiger partial charge in [-0.1, -0.05) is 51.0 Å². The lowest BCUT2D eigenvalue weighted by atomic mass is 10.0. The van der Waals surface area contributed by atoms with Crippen LogP contribution in [0.5, 0.6) is 0 Å². The molecule has 1 aromatic rings. The summed E-state index contributed by atoms with van der Waals surface area (Å²) in [6, 6.07) is 7.96. The average molecular weight is 986 g/mol. The number of esters is 1. The molecule has 69 heavy (non-hydrogen) atoms. The third kappa shape index (κ3) is 65.5. The zero-order valence-electron chi connectivity index (χ0n) is 44.9. The van der Waals surface area contributed by atoms with Gasteiger partial charge >= 0.3 is 12.0 Å². The minimum absolute atomic E-state index is 0.0551. The summed E-state index contributed by atoms with van der Waals surface area (Å²) in [7, 11) is 1.93. The van der Waals surface area contributed by atoms with Gasteiger partial charge in [-0.3, -0.25) is 24.0 Å². The molecular formula is C51H95N5O13. The van der Waals surface area contributed by atoms with Crippen LogP contribution < -0.4 is 26.6 Å². The Morgan fingerprint density at radius 1 is 0.522 bits per heavy atom. The fraction of sp³-hybridized carbons (Fsp3) is 0.745. The van der Waals surface area contributed by atoms with E-state index in [9.17, 15) is 33.6 Å². The van der Waals surface area contributed by atoms with Crippen molar-refractivity contribution in [3.8, 4) is 0 Å². The first-order valence-electron chi connectivity index (χ1n) is 24.5. The van der Waals surface area contributed by atoms with E-state index in [1.807, 2.05) is 95.3 Å². The van der Waals surface area contributed by atoms with Gasteiger partial charge in [0.15, 0.2) is 0 Å². The maximum atomic E-state index is 11.8. The number of carbonyl (C=O) groups excluding carboxylic acids is 7. The van der Waals surface area contributed by atoms with Crippen molar-refractivity contribution in [3.63, 3.8) is 0 Å². The fourth-order valence-corrected chi connectivity index (χ4v) is 4.91. The normalized spacial score (nSPS) is 10.6. The van der Waals surface area contributed by atoms with E-state index in [-0.39, 0.29) is 35.0 Å². The molecule has 0 fully saturated rings. The lowest BCUT2D eigenvalue weighted by molar-refractivity contribution is -0.155. The van der Waals surface area contributed by atoms with Crippen LogP contribution in [-0.4, -0.2) is 139 Å². The average Bonchev–Trinajstić information content (AvgIpc) is 3.25. The summed E-state index contributed by atoms with van der Waals surface area (Å²) in [6.45, 7) is 28.8. The van der Waals surface area contributed by atoms with Gasteiger partial charge in [0.25, 0.3) is 12.9 Å². The van der Waals surface area contributed by atoms with Crippen LogP contribution in [0, 0.1) is 0 Å². The summed E-state index contributed by atoms with van der Waals surface area (Å²) in [5.74, 6) is -0.238. The van der Waals surface area contributed by atoms with Crippen molar-refractivity contribution in [1.29, 1.82) is 0 Å². The maximum Gasteiger partial charge on any atom is 0.314 e. The second kappa shape index (κ2) is 48.4. The number of nitrogens with one attached hydrogen (secondary N) is 5. The van der Waals surface area contributed by atoms with Gasteiger partial charge in [-0.25, -0.2) is 4.79 Å². The second-order valence-corrected chi connectivity index (χ2v) is 18.1. The van der Waals surface area contributed by atoms with Gasteiger partial charge in [0.05, 0.1) is 39.6 Å². The number of hydrogen-bond acceptors (Lipinski definition) is 14. The number of hydrogen-bond donors (Lipinski definition) is 5. The van der Waals surface area contributed by atoms with Gasteiger partial charge in [-0.05, 0) is 126 Å². The number of aldehydes is 1. The highest BCUT2D eigenvalue weighted by Crippen LogP contribution is 2.11. The van der Waals surface area contributed by atoms with Gasteiger partial charge in [-0.2, -0.15) is 0 Å². The first kappa shape index (κ1) is 70.9. The topological polar surface area (TPSA) is 235 Å². The molecular weight excluding hydrogens is 891 g/mol. The highest BCUT2D eigenvalue weighted by Gasteiger charge is 2.15. The molecule has 0 unspecified atom stereocenters. The zero-order valence-corrected chi connectivity index (χ0v) is 44.9. The summed E-state index contributed by atoms with van der Waals surface area (Å²) in [5.41, 5.74) is 1.22. The molecule has 0 saturated carbocycles. The van der Waals surface area contributed by atoms with Crippen molar-refractivity contribution in [1.82, 2.24) is 26.6 Å².